The first-order valence-corrected chi connectivity index (χ1v) is 6.46. The van der Waals surface area contributed by atoms with E-state index in [1.54, 1.807) is 0 Å². The lowest BCUT2D eigenvalue weighted by Crippen LogP contribution is -2.48. The largest absolute Gasteiger partial charge is 0.335 e. The third-order valence-corrected chi connectivity index (χ3v) is 3.54. The van der Waals surface area contributed by atoms with Crippen LogP contribution in [0.15, 0.2) is 12.2 Å². The molecule has 0 radical (unpaired) electrons. The van der Waals surface area contributed by atoms with Gasteiger partial charge in [0.05, 0.1) is 0 Å². The Hall–Kier alpha value is -0.990. The number of nitrogens with zero attached hydrogens (tertiary/aromatic N) is 1. The quantitative estimate of drug-likeness (QED) is 0.679. The molecule has 1 aliphatic heterocycles. The van der Waals surface area contributed by atoms with Crippen LogP contribution in [-0.4, -0.2) is 30.1 Å². The minimum atomic E-state index is 0.145. The number of allylic oxidation sites excluding steroid dienone is 1. The summed E-state index contributed by atoms with van der Waals surface area (Å²) < 4.78 is 0. The van der Waals surface area contributed by atoms with Crippen molar-refractivity contribution in [3.8, 4) is 0 Å². The molecular weight excluding hydrogens is 200 g/mol. The molecule has 2 aliphatic rings. The maximum atomic E-state index is 12.0. The average molecular weight is 222 g/mol. The molecular formula is C13H22N2O. The third-order valence-electron chi connectivity index (χ3n) is 3.54. The maximum absolute atomic E-state index is 12.0. The molecule has 1 N–H and O–H groups in total. The second-order valence-electron chi connectivity index (χ2n) is 5.12. The summed E-state index contributed by atoms with van der Waals surface area (Å²) >= 11 is 0. The minimum absolute atomic E-state index is 0.145. The summed E-state index contributed by atoms with van der Waals surface area (Å²) in [6.07, 6.45) is 9.97. The van der Waals surface area contributed by atoms with Crippen LogP contribution in [0.5, 0.6) is 0 Å². The lowest BCUT2D eigenvalue weighted by Gasteiger charge is -2.32. The summed E-state index contributed by atoms with van der Waals surface area (Å²) in [6, 6.07) is 0.501. The zero-order valence-electron chi connectivity index (χ0n) is 10.1. The zero-order valence-corrected chi connectivity index (χ0v) is 10.1. The van der Waals surface area contributed by atoms with Gasteiger partial charge in [-0.25, -0.2) is 4.79 Å². The lowest BCUT2D eigenvalue weighted by atomic mass is 10.00. The molecule has 0 spiro atoms. The first-order valence-electron chi connectivity index (χ1n) is 6.46. The molecule has 2 atom stereocenters. The van der Waals surface area contributed by atoms with Crippen LogP contribution in [0, 0.1) is 5.92 Å². The number of piperidine rings is 1. The number of likely N-dealkylation sites (tertiary alicyclic amines) is 1. The van der Waals surface area contributed by atoms with Gasteiger partial charge in [0, 0.05) is 19.1 Å². The van der Waals surface area contributed by atoms with Gasteiger partial charge in [-0.15, -0.1) is 0 Å². The SMILES string of the molecule is CC1CCCN(C(=O)NC2CC=CCC2)C1. The Morgan fingerprint density at radius 2 is 2.25 bits per heavy atom. The summed E-state index contributed by atoms with van der Waals surface area (Å²) in [7, 11) is 0. The Labute approximate surface area is 97.9 Å². The van der Waals surface area contributed by atoms with E-state index in [4.69, 9.17) is 0 Å². The van der Waals surface area contributed by atoms with Gasteiger partial charge in [0.2, 0.25) is 0 Å². The van der Waals surface area contributed by atoms with E-state index in [1.165, 1.54) is 6.42 Å². The molecule has 0 bridgehead atoms. The van der Waals surface area contributed by atoms with Crippen molar-refractivity contribution in [2.45, 2.75) is 45.1 Å². The van der Waals surface area contributed by atoms with Crippen LogP contribution in [-0.2, 0) is 0 Å². The van der Waals surface area contributed by atoms with E-state index in [9.17, 15) is 4.79 Å². The first kappa shape index (κ1) is 11.5. The van der Waals surface area contributed by atoms with Crippen molar-refractivity contribution in [1.82, 2.24) is 10.2 Å². The zero-order chi connectivity index (χ0) is 11.4. The molecule has 16 heavy (non-hydrogen) atoms. The van der Waals surface area contributed by atoms with Gasteiger partial charge in [-0.1, -0.05) is 19.1 Å². The van der Waals surface area contributed by atoms with Gasteiger partial charge < -0.3 is 10.2 Å². The Bertz CT molecular complexity index is 275. The molecule has 1 fully saturated rings. The minimum Gasteiger partial charge on any atom is -0.335 e. The Morgan fingerprint density at radius 3 is 2.94 bits per heavy atom. The summed E-state index contributed by atoms with van der Waals surface area (Å²) in [5.41, 5.74) is 0. The number of rotatable bonds is 1. The number of carbonyl (C=O) groups excluding carboxylic acids is 1. The Morgan fingerprint density at radius 1 is 1.38 bits per heavy atom. The van der Waals surface area contributed by atoms with Crippen molar-refractivity contribution in [2.75, 3.05) is 13.1 Å². The number of hydrogen-bond acceptors (Lipinski definition) is 1. The van der Waals surface area contributed by atoms with Crippen LogP contribution in [0.1, 0.15) is 39.0 Å². The number of urea groups is 1. The van der Waals surface area contributed by atoms with E-state index < -0.39 is 0 Å². The van der Waals surface area contributed by atoms with Crippen LogP contribution in [0.3, 0.4) is 0 Å². The highest BCUT2D eigenvalue weighted by Crippen LogP contribution is 2.16. The fraction of sp³-hybridized carbons (Fsp3) is 0.769. The lowest BCUT2D eigenvalue weighted by molar-refractivity contribution is 0.165. The number of carbonyl (C=O) groups is 1. The predicted molar refractivity (Wildman–Crippen MR) is 65.3 cm³/mol. The highest BCUT2D eigenvalue weighted by molar-refractivity contribution is 5.74. The van der Waals surface area contributed by atoms with Crippen LogP contribution in [0.2, 0.25) is 0 Å². The van der Waals surface area contributed by atoms with E-state index in [1.807, 2.05) is 4.90 Å². The third kappa shape index (κ3) is 3.00. The van der Waals surface area contributed by atoms with E-state index in [0.29, 0.717) is 12.0 Å². The molecule has 2 amide bonds. The average Bonchev–Trinajstić information content (AvgIpc) is 2.30. The summed E-state index contributed by atoms with van der Waals surface area (Å²) in [5, 5.41) is 3.14. The van der Waals surface area contributed by atoms with Crippen LogP contribution in [0.4, 0.5) is 4.79 Å². The van der Waals surface area contributed by atoms with Gasteiger partial charge in [0.1, 0.15) is 0 Å². The van der Waals surface area contributed by atoms with Gasteiger partial charge in [-0.05, 0) is 38.0 Å². The first-order chi connectivity index (χ1) is 7.75. The standard InChI is InChI=1S/C13H22N2O/c1-11-6-5-9-15(10-11)13(16)14-12-7-3-2-4-8-12/h2-3,11-12H,4-10H2,1H3,(H,14,16). The van der Waals surface area contributed by atoms with Crippen LogP contribution < -0.4 is 5.32 Å². The molecule has 3 heteroatoms. The van der Waals surface area contributed by atoms with E-state index in [0.717, 1.165) is 38.8 Å². The maximum Gasteiger partial charge on any atom is 0.317 e. The summed E-state index contributed by atoms with van der Waals surface area (Å²) in [4.78, 5) is 14.0. The predicted octanol–water partition coefficient (Wildman–Crippen LogP) is 2.54. The van der Waals surface area contributed by atoms with Crippen molar-refractivity contribution in [3.05, 3.63) is 12.2 Å². The molecule has 0 saturated carbocycles. The van der Waals surface area contributed by atoms with Gasteiger partial charge in [-0.2, -0.15) is 0 Å². The summed E-state index contributed by atoms with van der Waals surface area (Å²) in [5.74, 6) is 0.658. The molecule has 2 rings (SSSR count). The van der Waals surface area contributed by atoms with Crippen molar-refractivity contribution in [3.63, 3.8) is 0 Å². The molecule has 0 aromatic carbocycles. The second kappa shape index (κ2) is 5.37. The highest BCUT2D eigenvalue weighted by Gasteiger charge is 2.22. The van der Waals surface area contributed by atoms with Gasteiger partial charge in [-0.3, -0.25) is 0 Å². The Balaban J connectivity index is 1.80. The van der Waals surface area contributed by atoms with E-state index in [-0.39, 0.29) is 6.03 Å². The van der Waals surface area contributed by atoms with Crippen molar-refractivity contribution in [2.24, 2.45) is 5.92 Å². The molecule has 90 valence electrons. The molecule has 0 aromatic heterocycles. The second-order valence-corrected chi connectivity index (χ2v) is 5.12. The van der Waals surface area contributed by atoms with Crippen molar-refractivity contribution < 1.29 is 4.79 Å². The van der Waals surface area contributed by atoms with E-state index >= 15 is 0 Å². The number of amides is 2. The number of nitrogens with one attached hydrogen (secondary N) is 1. The van der Waals surface area contributed by atoms with Crippen LogP contribution >= 0.6 is 0 Å². The molecule has 1 saturated heterocycles. The van der Waals surface area contributed by atoms with Gasteiger partial charge in [0.15, 0.2) is 0 Å². The normalized spacial score (nSPS) is 30.2. The summed E-state index contributed by atoms with van der Waals surface area (Å²) in [6.45, 7) is 4.08. The fourth-order valence-corrected chi connectivity index (χ4v) is 2.56. The molecule has 1 aliphatic carbocycles. The Kier molecular flexibility index (Phi) is 3.86. The van der Waals surface area contributed by atoms with Crippen molar-refractivity contribution in [1.29, 1.82) is 0 Å². The van der Waals surface area contributed by atoms with Crippen molar-refractivity contribution >= 4 is 6.03 Å². The smallest absolute Gasteiger partial charge is 0.317 e. The molecule has 2 unspecified atom stereocenters. The molecule has 0 aromatic rings. The van der Waals surface area contributed by atoms with Gasteiger partial charge >= 0.3 is 6.03 Å². The molecule has 3 nitrogen and oxygen atoms in total. The van der Waals surface area contributed by atoms with E-state index in [2.05, 4.69) is 24.4 Å². The van der Waals surface area contributed by atoms with Crippen LogP contribution in [0.25, 0.3) is 0 Å². The number of hydrogen-bond donors (Lipinski definition) is 1. The monoisotopic (exact) mass is 222 g/mol. The highest BCUT2D eigenvalue weighted by atomic mass is 16.2. The topological polar surface area (TPSA) is 32.3 Å². The fourth-order valence-electron chi connectivity index (χ4n) is 2.56. The molecule has 1 heterocycles. The van der Waals surface area contributed by atoms with Gasteiger partial charge in [0.25, 0.3) is 0 Å².